The fourth-order valence-electron chi connectivity index (χ4n) is 1.94. The molecule has 4 heteroatoms. The van der Waals surface area contributed by atoms with E-state index in [0.717, 1.165) is 32.4 Å². The van der Waals surface area contributed by atoms with Crippen LogP contribution in [-0.2, 0) is 4.79 Å². The minimum Gasteiger partial charge on any atom is -0.355 e. The molecule has 0 heterocycles. The van der Waals surface area contributed by atoms with E-state index in [1.165, 1.54) is 0 Å². The van der Waals surface area contributed by atoms with E-state index < -0.39 is 0 Å². The van der Waals surface area contributed by atoms with Gasteiger partial charge in [-0.3, -0.25) is 4.79 Å². The first-order chi connectivity index (χ1) is 8.45. The zero-order valence-corrected chi connectivity index (χ0v) is 12.8. The van der Waals surface area contributed by atoms with Gasteiger partial charge in [0.25, 0.3) is 0 Å². The maximum Gasteiger partial charge on any atom is 0.233 e. The molecule has 2 N–H and O–H groups in total. The van der Waals surface area contributed by atoms with Crippen molar-refractivity contribution >= 4 is 5.91 Å². The Kier molecular flexibility index (Phi) is 9.98. The second-order valence-corrected chi connectivity index (χ2v) is 5.67. The topological polar surface area (TPSA) is 44.4 Å². The van der Waals surface area contributed by atoms with Crippen molar-refractivity contribution in [2.45, 2.75) is 46.1 Å². The summed E-state index contributed by atoms with van der Waals surface area (Å²) < 4.78 is 0. The first-order valence-electron chi connectivity index (χ1n) is 7.10. The summed E-state index contributed by atoms with van der Waals surface area (Å²) in [6.45, 7) is 8.74. The number of amides is 1. The van der Waals surface area contributed by atoms with Crippen LogP contribution in [0.2, 0.25) is 0 Å². The van der Waals surface area contributed by atoms with E-state index >= 15 is 0 Å². The summed E-state index contributed by atoms with van der Waals surface area (Å²) in [4.78, 5) is 13.8. The predicted molar refractivity (Wildman–Crippen MR) is 77.7 cm³/mol. The molecule has 0 aromatic heterocycles. The molecule has 1 unspecified atom stereocenters. The molecule has 0 aromatic rings. The van der Waals surface area contributed by atoms with Crippen molar-refractivity contribution in [2.24, 2.45) is 5.92 Å². The van der Waals surface area contributed by atoms with E-state index in [9.17, 15) is 4.79 Å². The van der Waals surface area contributed by atoms with Crippen LogP contribution in [-0.4, -0.2) is 50.6 Å². The Labute approximate surface area is 113 Å². The first-order valence-corrected chi connectivity index (χ1v) is 7.10. The highest BCUT2D eigenvalue weighted by Crippen LogP contribution is 2.05. The summed E-state index contributed by atoms with van der Waals surface area (Å²) in [7, 11) is 4.13. The van der Waals surface area contributed by atoms with Gasteiger partial charge in [0.15, 0.2) is 0 Å². The van der Waals surface area contributed by atoms with Crippen molar-refractivity contribution in [2.75, 3.05) is 33.7 Å². The molecule has 0 fully saturated rings. The lowest BCUT2D eigenvalue weighted by molar-refractivity contribution is -0.120. The van der Waals surface area contributed by atoms with Crippen molar-refractivity contribution in [3.8, 4) is 0 Å². The standard InChI is InChI=1S/C14H31N3O/c1-6-7-8-15-14(18)10-16-13(9-12(2)3)11-17(4)5/h12-13,16H,6-11H2,1-5H3,(H,15,18). The van der Waals surface area contributed by atoms with Crippen molar-refractivity contribution in [3.63, 3.8) is 0 Å². The number of unbranched alkanes of at least 4 members (excludes halogenated alkanes) is 1. The molecule has 0 aromatic carbocycles. The predicted octanol–water partition coefficient (Wildman–Crippen LogP) is 1.47. The minimum absolute atomic E-state index is 0.107. The van der Waals surface area contributed by atoms with Crippen LogP contribution in [0.25, 0.3) is 0 Å². The molecular weight excluding hydrogens is 226 g/mol. The van der Waals surface area contributed by atoms with Gasteiger partial charge in [0.2, 0.25) is 5.91 Å². The second-order valence-electron chi connectivity index (χ2n) is 5.67. The third kappa shape index (κ3) is 10.5. The maximum absolute atomic E-state index is 11.6. The van der Waals surface area contributed by atoms with Crippen molar-refractivity contribution in [1.82, 2.24) is 15.5 Å². The Morgan fingerprint density at radius 3 is 2.44 bits per heavy atom. The Bertz CT molecular complexity index is 207. The zero-order chi connectivity index (χ0) is 14.0. The summed E-state index contributed by atoms with van der Waals surface area (Å²) in [5.74, 6) is 0.751. The van der Waals surface area contributed by atoms with Crippen molar-refractivity contribution in [1.29, 1.82) is 0 Å². The Hall–Kier alpha value is -0.610. The van der Waals surface area contributed by atoms with E-state index in [1.807, 2.05) is 0 Å². The quantitative estimate of drug-likeness (QED) is 0.583. The lowest BCUT2D eigenvalue weighted by atomic mass is 10.0. The molecule has 0 aliphatic carbocycles. The molecular formula is C14H31N3O. The smallest absolute Gasteiger partial charge is 0.233 e. The fraction of sp³-hybridized carbons (Fsp3) is 0.929. The highest BCUT2D eigenvalue weighted by Gasteiger charge is 2.12. The van der Waals surface area contributed by atoms with Gasteiger partial charge in [-0.15, -0.1) is 0 Å². The second kappa shape index (κ2) is 10.3. The lowest BCUT2D eigenvalue weighted by Crippen LogP contribution is -2.44. The van der Waals surface area contributed by atoms with E-state index in [4.69, 9.17) is 0 Å². The van der Waals surface area contributed by atoms with Crippen molar-refractivity contribution in [3.05, 3.63) is 0 Å². The van der Waals surface area contributed by atoms with E-state index in [1.54, 1.807) is 0 Å². The largest absolute Gasteiger partial charge is 0.355 e. The van der Waals surface area contributed by atoms with Gasteiger partial charge >= 0.3 is 0 Å². The number of nitrogens with one attached hydrogen (secondary N) is 2. The molecule has 0 saturated heterocycles. The zero-order valence-electron chi connectivity index (χ0n) is 12.8. The molecule has 1 atom stereocenters. The van der Waals surface area contributed by atoms with Crippen LogP contribution in [0.4, 0.5) is 0 Å². The number of hydrogen-bond donors (Lipinski definition) is 2. The summed E-state index contributed by atoms with van der Waals surface area (Å²) >= 11 is 0. The molecule has 0 saturated carbocycles. The summed E-state index contributed by atoms with van der Waals surface area (Å²) in [5, 5.41) is 6.29. The van der Waals surface area contributed by atoms with Crippen LogP contribution in [0, 0.1) is 5.92 Å². The molecule has 0 rings (SSSR count). The van der Waals surface area contributed by atoms with Gasteiger partial charge in [-0.25, -0.2) is 0 Å². The monoisotopic (exact) mass is 257 g/mol. The Morgan fingerprint density at radius 2 is 1.94 bits per heavy atom. The summed E-state index contributed by atoms with van der Waals surface area (Å²) in [6, 6.07) is 0.386. The molecule has 0 radical (unpaired) electrons. The highest BCUT2D eigenvalue weighted by molar-refractivity contribution is 5.77. The highest BCUT2D eigenvalue weighted by atomic mass is 16.1. The van der Waals surface area contributed by atoms with Crippen LogP contribution in [0.15, 0.2) is 0 Å². The maximum atomic E-state index is 11.6. The molecule has 0 bridgehead atoms. The average Bonchev–Trinajstić information content (AvgIpc) is 2.25. The molecule has 4 nitrogen and oxygen atoms in total. The number of rotatable bonds is 10. The summed E-state index contributed by atoms with van der Waals surface area (Å²) in [5.41, 5.74) is 0. The third-order valence-corrected chi connectivity index (χ3v) is 2.75. The SMILES string of the molecule is CCCCNC(=O)CNC(CC(C)C)CN(C)C. The van der Waals surface area contributed by atoms with Gasteiger partial charge in [-0.2, -0.15) is 0 Å². The average molecular weight is 257 g/mol. The molecule has 108 valence electrons. The van der Waals surface area contributed by atoms with Crippen LogP contribution in [0.3, 0.4) is 0 Å². The van der Waals surface area contributed by atoms with Gasteiger partial charge in [-0.1, -0.05) is 27.2 Å². The van der Waals surface area contributed by atoms with E-state index in [-0.39, 0.29) is 5.91 Å². The molecule has 0 aliphatic heterocycles. The number of carbonyl (C=O) groups is 1. The van der Waals surface area contributed by atoms with E-state index in [0.29, 0.717) is 18.5 Å². The van der Waals surface area contributed by atoms with Crippen LogP contribution in [0.1, 0.15) is 40.0 Å². The Morgan fingerprint density at radius 1 is 1.28 bits per heavy atom. The lowest BCUT2D eigenvalue weighted by Gasteiger charge is -2.23. The summed E-state index contributed by atoms with van der Waals surface area (Å²) in [6.07, 6.45) is 3.27. The van der Waals surface area contributed by atoms with Gasteiger partial charge in [0.05, 0.1) is 6.54 Å². The molecule has 18 heavy (non-hydrogen) atoms. The van der Waals surface area contributed by atoms with Crippen molar-refractivity contribution < 1.29 is 4.79 Å². The third-order valence-electron chi connectivity index (χ3n) is 2.75. The minimum atomic E-state index is 0.107. The Balaban J connectivity index is 3.89. The molecule has 1 amide bonds. The van der Waals surface area contributed by atoms with E-state index in [2.05, 4.69) is 50.4 Å². The first kappa shape index (κ1) is 17.4. The number of hydrogen-bond acceptors (Lipinski definition) is 3. The van der Waals surface area contributed by atoms with Crippen LogP contribution < -0.4 is 10.6 Å². The van der Waals surface area contributed by atoms with Crippen LogP contribution >= 0.6 is 0 Å². The fourth-order valence-corrected chi connectivity index (χ4v) is 1.94. The van der Waals surface area contributed by atoms with Gasteiger partial charge in [0, 0.05) is 19.1 Å². The van der Waals surface area contributed by atoms with Gasteiger partial charge in [0.1, 0.15) is 0 Å². The van der Waals surface area contributed by atoms with Gasteiger partial charge < -0.3 is 15.5 Å². The normalized spacial score (nSPS) is 13.1. The molecule has 0 aliphatic rings. The van der Waals surface area contributed by atoms with Gasteiger partial charge in [-0.05, 0) is 32.9 Å². The number of carbonyl (C=O) groups excluding carboxylic acids is 1. The number of likely N-dealkylation sites (N-methyl/N-ethyl adjacent to an activating group) is 1. The number of nitrogens with zero attached hydrogens (tertiary/aromatic N) is 1. The van der Waals surface area contributed by atoms with Crippen LogP contribution in [0.5, 0.6) is 0 Å². The molecule has 0 spiro atoms.